The summed E-state index contributed by atoms with van der Waals surface area (Å²) in [4.78, 5) is 12.2. The number of anilines is 1. The molecule has 0 saturated carbocycles. The van der Waals surface area contributed by atoms with E-state index in [9.17, 15) is 9.90 Å². The normalized spacial score (nSPS) is 11.3. The van der Waals surface area contributed by atoms with Gasteiger partial charge in [-0.15, -0.1) is 0 Å². The average molecular weight is 295 g/mol. The smallest absolute Gasteiger partial charge is 0.259 e. The lowest BCUT2D eigenvalue weighted by atomic mass is 10.0. The van der Waals surface area contributed by atoms with Crippen molar-refractivity contribution in [2.24, 2.45) is 5.73 Å². The van der Waals surface area contributed by atoms with Crippen molar-refractivity contribution in [2.45, 2.75) is 0 Å². The van der Waals surface area contributed by atoms with Gasteiger partial charge in [-0.25, -0.2) is 0 Å². The van der Waals surface area contributed by atoms with Crippen LogP contribution in [-0.4, -0.2) is 11.0 Å². The number of phenols is 1. The van der Waals surface area contributed by atoms with E-state index in [-0.39, 0.29) is 17.0 Å². The fraction of sp³-hybridized carbons (Fsp3) is 0. The highest BCUT2D eigenvalue weighted by Crippen LogP contribution is 2.33. The molecule has 1 amide bonds. The van der Waals surface area contributed by atoms with Crippen LogP contribution in [0.5, 0.6) is 5.75 Å². The molecule has 0 unspecified atom stereocenters. The van der Waals surface area contributed by atoms with Crippen LogP contribution in [0.3, 0.4) is 0 Å². The van der Waals surface area contributed by atoms with Crippen LogP contribution in [0, 0.1) is 0 Å². The summed E-state index contributed by atoms with van der Waals surface area (Å²) in [5.74, 6) is -0.726. The lowest BCUT2D eigenvalue weighted by Gasteiger charge is -2.11. The van der Waals surface area contributed by atoms with Gasteiger partial charge in [-0.1, -0.05) is 36.9 Å². The maximum atomic E-state index is 12.2. The van der Waals surface area contributed by atoms with Gasteiger partial charge in [-0.05, 0) is 29.8 Å². The number of nitrogens with two attached hydrogens (primary N) is 2. The Morgan fingerprint density at radius 1 is 1.27 bits per heavy atom. The molecule has 0 heterocycles. The third-order valence-electron chi connectivity index (χ3n) is 3.10. The average Bonchev–Trinajstić information content (AvgIpc) is 2.51. The number of hydrogen-bond donors (Lipinski definition) is 4. The standard InChI is InChI=1S/C17H17N3O2/c1-11(6-4-5-9-18)20-17(22)14-10-12-7-2-3-8-13(12)15(19)16(14)21/h2-10,21H,1,18-19H2,(H,20,22)/b6-4-,9-5-. The van der Waals surface area contributed by atoms with Gasteiger partial charge >= 0.3 is 0 Å². The summed E-state index contributed by atoms with van der Waals surface area (Å²) in [5.41, 5.74) is 11.7. The van der Waals surface area contributed by atoms with Crippen LogP contribution in [0.4, 0.5) is 5.69 Å². The summed E-state index contributed by atoms with van der Waals surface area (Å²) in [6.45, 7) is 3.70. The number of carbonyl (C=O) groups is 1. The summed E-state index contributed by atoms with van der Waals surface area (Å²) in [6, 6.07) is 8.85. The number of amides is 1. The lowest BCUT2D eigenvalue weighted by Crippen LogP contribution is -2.21. The zero-order valence-electron chi connectivity index (χ0n) is 11.9. The maximum absolute atomic E-state index is 12.2. The summed E-state index contributed by atoms with van der Waals surface area (Å²) in [5, 5.41) is 14.2. The first-order chi connectivity index (χ1) is 10.5. The minimum atomic E-state index is -0.485. The van der Waals surface area contributed by atoms with Crippen LogP contribution in [-0.2, 0) is 0 Å². The second-order valence-electron chi connectivity index (χ2n) is 4.63. The first kappa shape index (κ1) is 15.2. The van der Waals surface area contributed by atoms with Gasteiger partial charge in [0.2, 0.25) is 0 Å². The molecule has 0 atom stereocenters. The van der Waals surface area contributed by atoms with Gasteiger partial charge in [-0.3, -0.25) is 4.79 Å². The second-order valence-corrected chi connectivity index (χ2v) is 4.63. The minimum absolute atomic E-state index is 0.0973. The number of nitrogen functional groups attached to an aromatic ring is 1. The Labute approximate surface area is 128 Å². The number of fused-ring (bicyclic) bond motifs is 1. The lowest BCUT2D eigenvalue weighted by molar-refractivity contribution is 0.0965. The fourth-order valence-corrected chi connectivity index (χ4v) is 2.03. The maximum Gasteiger partial charge on any atom is 0.259 e. The van der Waals surface area contributed by atoms with E-state index in [1.54, 1.807) is 30.4 Å². The highest BCUT2D eigenvalue weighted by atomic mass is 16.3. The zero-order valence-corrected chi connectivity index (χ0v) is 11.9. The van der Waals surface area contributed by atoms with E-state index in [0.29, 0.717) is 11.1 Å². The van der Waals surface area contributed by atoms with E-state index in [1.807, 2.05) is 18.2 Å². The van der Waals surface area contributed by atoms with Gasteiger partial charge in [0.05, 0.1) is 11.3 Å². The molecule has 112 valence electrons. The summed E-state index contributed by atoms with van der Waals surface area (Å²) in [7, 11) is 0. The molecule has 0 aliphatic heterocycles. The van der Waals surface area contributed by atoms with Gasteiger partial charge in [-0.2, -0.15) is 0 Å². The molecule has 2 aromatic rings. The Balaban J connectivity index is 2.32. The molecule has 0 spiro atoms. The highest BCUT2D eigenvalue weighted by Gasteiger charge is 2.16. The molecule has 6 N–H and O–H groups in total. The summed E-state index contributed by atoms with van der Waals surface area (Å²) in [6.07, 6.45) is 6.18. The van der Waals surface area contributed by atoms with Crippen molar-refractivity contribution in [3.05, 3.63) is 72.6 Å². The number of allylic oxidation sites excluding steroid dienone is 3. The predicted molar refractivity (Wildman–Crippen MR) is 89.1 cm³/mol. The first-order valence-electron chi connectivity index (χ1n) is 6.60. The van der Waals surface area contributed by atoms with Crippen LogP contribution in [0.1, 0.15) is 10.4 Å². The molecule has 0 aromatic heterocycles. The van der Waals surface area contributed by atoms with Gasteiger partial charge in [0.15, 0.2) is 5.75 Å². The van der Waals surface area contributed by atoms with E-state index < -0.39 is 5.91 Å². The fourth-order valence-electron chi connectivity index (χ4n) is 2.03. The quantitative estimate of drug-likeness (QED) is 0.395. The topological polar surface area (TPSA) is 101 Å². The molecule has 0 bridgehead atoms. The second kappa shape index (κ2) is 6.49. The van der Waals surface area contributed by atoms with Crippen LogP contribution in [0.2, 0.25) is 0 Å². The molecule has 5 heteroatoms. The molecule has 0 radical (unpaired) electrons. The molecule has 0 saturated heterocycles. The van der Waals surface area contributed by atoms with E-state index in [2.05, 4.69) is 11.9 Å². The SMILES string of the molecule is C=C(/C=C\C=C/N)NC(=O)c1cc2ccccc2c(N)c1O. The van der Waals surface area contributed by atoms with Crippen LogP contribution in [0.15, 0.2) is 67.0 Å². The molecule has 2 aromatic carbocycles. The molecule has 2 rings (SSSR count). The molecule has 0 aliphatic rings. The van der Waals surface area contributed by atoms with Crippen molar-refractivity contribution >= 4 is 22.4 Å². The number of nitrogens with one attached hydrogen (secondary N) is 1. The Morgan fingerprint density at radius 2 is 2.00 bits per heavy atom. The Bertz CT molecular complexity index is 792. The molecule has 22 heavy (non-hydrogen) atoms. The number of aromatic hydroxyl groups is 1. The monoisotopic (exact) mass is 295 g/mol. The highest BCUT2D eigenvalue weighted by molar-refractivity contribution is 6.07. The molecule has 5 nitrogen and oxygen atoms in total. The number of rotatable bonds is 4. The minimum Gasteiger partial charge on any atom is -0.505 e. The van der Waals surface area contributed by atoms with Gasteiger partial charge in [0.25, 0.3) is 5.91 Å². The third kappa shape index (κ3) is 3.09. The summed E-state index contributed by atoms with van der Waals surface area (Å²) >= 11 is 0. The zero-order chi connectivity index (χ0) is 16.1. The molecule has 0 aliphatic carbocycles. The Hall–Kier alpha value is -3.21. The molecular formula is C17H17N3O2. The van der Waals surface area contributed by atoms with Crippen molar-refractivity contribution in [1.29, 1.82) is 0 Å². The van der Waals surface area contributed by atoms with E-state index in [1.165, 1.54) is 6.20 Å². The largest absolute Gasteiger partial charge is 0.505 e. The van der Waals surface area contributed by atoms with Crippen molar-refractivity contribution in [1.82, 2.24) is 5.32 Å². The Kier molecular flexibility index (Phi) is 4.48. The van der Waals surface area contributed by atoms with Crippen molar-refractivity contribution in [2.75, 3.05) is 5.73 Å². The number of benzene rings is 2. The molecular weight excluding hydrogens is 278 g/mol. The van der Waals surface area contributed by atoms with E-state index >= 15 is 0 Å². The number of hydrogen-bond acceptors (Lipinski definition) is 4. The number of carbonyl (C=O) groups excluding carboxylic acids is 1. The Morgan fingerprint density at radius 3 is 2.73 bits per heavy atom. The van der Waals surface area contributed by atoms with Gasteiger partial charge in [0, 0.05) is 11.1 Å². The first-order valence-corrected chi connectivity index (χ1v) is 6.60. The van der Waals surface area contributed by atoms with Crippen LogP contribution >= 0.6 is 0 Å². The summed E-state index contributed by atoms with van der Waals surface area (Å²) < 4.78 is 0. The van der Waals surface area contributed by atoms with Crippen LogP contribution in [0.25, 0.3) is 10.8 Å². The van der Waals surface area contributed by atoms with Crippen molar-refractivity contribution < 1.29 is 9.90 Å². The number of phenolic OH excluding ortho intramolecular Hbond substituents is 1. The van der Waals surface area contributed by atoms with Crippen LogP contribution < -0.4 is 16.8 Å². The van der Waals surface area contributed by atoms with Crippen molar-refractivity contribution in [3.63, 3.8) is 0 Å². The molecule has 0 fully saturated rings. The van der Waals surface area contributed by atoms with E-state index in [4.69, 9.17) is 11.5 Å². The van der Waals surface area contributed by atoms with Gasteiger partial charge < -0.3 is 21.9 Å². The van der Waals surface area contributed by atoms with Crippen molar-refractivity contribution in [3.8, 4) is 5.75 Å². The van der Waals surface area contributed by atoms with E-state index in [0.717, 1.165) is 5.39 Å². The third-order valence-corrected chi connectivity index (χ3v) is 3.10. The predicted octanol–water partition coefficient (Wildman–Crippen LogP) is 2.40. The van der Waals surface area contributed by atoms with Gasteiger partial charge in [0.1, 0.15) is 0 Å².